The second kappa shape index (κ2) is 9.42. The van der Waals surface area contributed by atoms with Crippen LogP contribution in [0.4, 0.5) is 0 Å². The summed E-state index contributed by atoms with van der Waals surface area (Å²) in [6, 6.07) is 12.9. The second-order valence-electron chi connectivity index (χ2n) is 7.70. The normalized spacial score (nSPS) is 18.3. The number of benzene rings is 1. The zero-order valence-corrected chi connectivity index (χ0v) is 17.0. The van der Waals surface area contributed by atoms with Crippen LogP contribution in [-0.2, 0) is 11.4 Å². The van der Waals surface area contributed by atoms with Crippen LogP contribution in [0, 0.1) is 5.92 Å². The molecule has 1 aliphatic rings. The van der Waals surface area contributed by atoms with E-state index in [-0.39, 0.29) is 17.9 Å². The van der Waals surface area contributed by atoms with E-state index in [1.807, 2.05) is 36.4 Å². The van der Waals surface area contributed by atoms with Crippen molar-refractivity contribution in [1.82, 2.24) is 20.5 Å². The van der Waals surface area contributed by atoms with Gasteiger partial charge >= 0.3 is 5.97 Å². The molecule has 1 fully saturated rings. The lowest BCUT2D eigenvalue weighted by Crippen LogP contribution is -2.38. The number of aromatic nitrogens is 3. The van der Waals surface area contributed by atoms with Gasteiger partial charge in [-0.05, 0) is 61.6 Å². The summed E-state index contributed by atoms with van der Waals surface area (Å²) in [5.74, 6) is -0.556. The summed E-state index contributed by atoms with van der Waals surface area (Å²) in [4.78, 5) is 28.1. The number of pyridine rings is 1. The topological polar surface area (TPSA) is 117 Å². The first-order chi connectivity index (χ1) is 15.1. The van der Waals surface area contributed by atoms with Gasteiger partial charge in [0.1, 0.15) is 12.4 Å². The number of hydrogen-bond donors (Lipinski definition) is 3. The fraction of sp³-hybridized carbons (Fsp3) is 0.304. The van der Waals surface area contributed by atoms with Gasteiger partial charge in [-0.25, -0.2) is 0 Å². The number of nitrogens with zero attached hydrogens (tertiary/aromatic N) is 2. The summed E-state index contributed by atoms with van der Waals surface area (Å²) in [5.41, 5.74) is 3.05. The highest BCUT2D eigenvalue weighted by Crippen LogP contribution is 2.25. The standard InChI is InChI=1S/C23H24N4O4/c28-22(26-18-6-4-16(5-7-18)23(29)30)17-3-1-2-15(12-17)14-31-19-8-9-20(24-13-19)21-10-11-25-27-21/h1-3,8-13,16,18H,4-7,14H2,(H,25,27)(H,26,28)(H,29,30)/t16-,18+. The molecule has 1 aromatic carbocycles. The summed E-state index contributed by atoms with van der Waals surface area (Å²) in [6.45, 7) is 0.315. The summed E-state index contributed by atoms with van der Waals surface area (Å²) in [5, 5.41) is 18.9. The van der Waals surface area contributed by atoms with E-state index in [9.17, 15) is 9.59 Å². The summed E-state index contributed by atoms with van der Waals surface area (Å²) >= 11 is 0. The zero-order chi connectivity index (χ0) is 21.6. The minimum absolute atomic E-state index is 0.0162. The predicted molar refractivity (Wildman–Crippen MR) is 113 cm³/mol. The number of nitrogens with one attached hydrogen (secondary N) is 2. The van der Waals surface area contributed by atoms with Crippen LogP contribution in [0.3, 0.4) is 0 Å². The molecule has 1 aliphatic carbocycles. The molecule has 8 nitrogen and oxygen atoms in total. The van der Waals surface area contributed by atoms with Gasteiger partial charge in [0.05, 0.1) is 23.5 Å². The Kier molecular flexibility index (Phi) is 6.26. The first kappa shape index (κ1) is 20.6. The molecule has 0 aliphatic heterocycles. The molecule has 4 rings (SSSR count). The minimum Gasteiger partial charge on any atom is -0.487 e. The van der Waals surface area contributed by atoms with Crippen molar-refractivity contribution in [2.75, 3.05) is 0 Å². The van der Waals surface area contributed by atoms with Crippen molar-refractivity contribution in [3.8, 4) is 17.1 Å². The monoisotopic (exact) mass is 420 g/mol. The molecule has 0 unspecified atom stereocenters. The average Bonchev–Trinajstić information content (AvgIpc) is 3.34. The second-order valence-corrected chi connectivity index (χ2v) is 7.70. The van der Waals surface area contributed by atoms with Crippen molar-refractivity contribution >= 4 is 11.9 Å². The molecule has 160 valence electrons. The first-order valence-electron chi connectivity index (χ1n) is 10.3. The Morgan fingerprint density at radius 3 is 2.65 bits per heavy atom. The van der Waals surface area contributed by atoms with E-state index < -0.39 is 5.97 Å². The number of ether oxygens (including phenoxy) is 1. The van der Waals surface area contributed by atoms with Crippen molar-refractivity contribution < 1.29 is 19.4 Å². The van der Waals surface area contributed by atoms with Gasteiger partial charge in [0.2, 0.25) is 0 Å². The lowest BCUT2D eigenvalue weighted by Gasteiger charge is -2.26. The summed E-state index contributed by atoms with van der Waals surface area (Å²) < 4.78 is 5.81. The zero-order valence-electron chi connectivity index (χ0n) is 17.0. The van der Waals surface area contributed by atoms with Crippen LogP contribution in [0.2, 0.25) is 0 Å². The minimum atomic E-state index is -0.747. The lowest BCUT2D eigenvalue weighted by atomic mass is 9.86. The fourth-order valence-electron chi connectivity index (χ4n) is 3.75. The number of hydrogen-bond acceptors (Lipinski definition) is 5. The van der Waals surface area contributed by atoms with Crippen molar-refractivity contribution in [2.24, 2.45) is 5.92 Å². The maximum atomic E-state index is 12.6. The molecule has 0 atom stereocenters. The molecule has 0 radical (unpaired) electrons. The van der Waals surface area contributed by atoms with E-state index in [2.05, 4.69) is 20.5 Å². The summed E-state index contributed by atoms with van der Waals surface area (Å²) in [7, 11) is 0. The fourth-order valence-corrected chi connectivity index (χ4v) is 3.75. The number of carbonyl (C=O) groups is 2. The van der Waals surface area contributed by atoms with Crippen LogP contribution in [0.25, 0.3) is 11.4 Å². The van der Waals surface area contributed by atoms with E-state index in [0.717, 1.165) is 17.0 Å². The molecule has 0 bridgehead atoms. The third kappa shape index (κ3) is 5.28. The van der Waals surface area contributed by atoms with Crippen LogP contribution in [-0.4, -0.2) is 38.2 Å². The predicted octanol–water partition coefficient (Wildman–Crippen LogP) is 3.42. The third-order valence-electron chi connectivity index (χ3n) is 5.52. The van der Waals surface area contributed by atoms with Gasteiger partial charge in [0, 0.05) is 17.8 Å². The SMILES string of the molecule is O=C(N[C@H]1CC[C@@H](C(=O)O)CC1)c1cccc(COc2ccc(-c3ccn[nH]3)nc2)c1. The third-order valence-corrected chi connectivity index (χ3v) is 5.52. The number of carboxylic acid groups (broad SMARTS) is 1. The number of amides is 1. The van der Waals surface area contributed by atoms with Gasteiger partial charge in [-0.1, -0.05) is 12.1 Å². The Bertz CT molecular complexity index is 1030. The van der Waals surface area contributed by atoms with E-state index in [1.54, 1.807) is 18.5 Å². The average molecular weight is 420 g/mol. The Morgan fingerprint density at radius 1 is 1.13 bits per heavy atom. The maximum Gasteiger partial charge on any atom is 0.306 e. The number of carbonyl (C=O) groups excluding carboxylic acids is 1. The molecule has 8 heteroatoms. The highest BCUT2D eigenvalue weighted by atomic mass is 16.5. The number of aromatic amines is 1. The molecule has 1 saturated carbocycles. The largest absolute Gasteiger partial charge is 0.487 e. The molecule has 31 heavy (non-hydrogen) atoms. The summed E-state index contributed by atoms with van der Waals surface area (Å²) in [6.07, 6.45) is 5.90. The van der Waals surface area contributed by atoms with Gasteiger partial charge in [-0.2, -0.15) is 5.10 Å². The van der Waals surface area contributed by atoms with E-state index in [0.29, 0.717) is 43.6 Å². The Hall–Kier alpha value is -3.68. The number of carboxylic acids is 1. The quantitative estimate of drug-likeness (QED) is 0.539. The van der Waals surface area contributed by atoms with Crippen LogP contribution in [0.1, 0.15) is 41.6 Å². The number of H-pyrrole nitrogens is 1. The first-order valence-corrected chi connectivity index (χ1v) is 10.3. The molecule has 0 saturated heterocycles. The molecule has 1 amide bonds. The van der Waals surface area contributed by atoms with Crippen LogP contribution < -0.4 is 10.1 Å². The lowest BCUT2D eigenvalue weighted by molar-refractivity contribution is -0.142. The molecular weight excluding hydrogens is 396 g/mol. The molecule has 3 aromatic rings. The smallest absolute Gasteiger partial charge is 0.306 e. The maximum absolute atomic E-state index is 12.6. The van der Waals surface area contributed by atoms with Gasteiger partial charge in [0.25, 0.3) is 5.91 Å². The highest BCUT2D eigenvalue weighted by molar-refractivity contribution is 5.94. The van der Waals surface area contributed by atoms with Gasteiger partial charge in [-0.15, -0.1) is 0 Å². The van der Waals surface area contributed by atoms with Crippen LogP contribution in [0.15, 0.2) is 54.9 Å². The van der Waals surface area contributed by atoms with Crippen molar-refractivity contribution in [3.63, 3.8) is 0 Å². The molecule has 3 N–H and O–H groups in total. The number of aliphatic carboxylic acids is 1. The van der Waals surface area contributed by atoms with Crippen LogP contribution in [0.5, 0.6) is 5.75 Å². The van der Waals surface area contributed by atoms with E-state index in [1.165, 1.54) is 0 Å². The van der Waals surface area contributed by atoms with Crippen molar-refractivity contribution in [3.05, 3.63) is 66.0 Å². The molecule has 2 heterocycles. The Morgan fingerprint density at radius 2 is 1.97 bits per heavy atom. The van der Waals surface area contributed by atoms with Crippen molar-refractivity contribution in [2.45, 2.75) is 38.3 Å². The molecule has 0 spiro atoms. The molecule has 2 aromatic heterocycles. The number of rotatable bonds is 7. The molecular formula is C23H24N4O4. The Labute approximate surface area is 179 Å². The van der Waals surface area contributed by atoms with E-state index in [4.69, 9.17) is 9.84 Å². The van der Waals surface area contributed by atoms with Gasteiger partial charge < -0.3 is 15.2 Å². The van der Waals surface area contributed by atoms with Crippen molar-refractivity contribution in [1.29, 1.82) is 0 Å². The van der Waals surface area contributed by atoms with Crippen LogP contribution >= 0.6 is 0 Å². The van der Waals surface area contributed by atoms with Gasteiger partial charge in [-0.3, -0.25) is 19.7 Å². The Balaban J connectivity index is 1.31. The van der Waals surface area contributed by atoms with E-state index >= 15 is 0 Å². The van der Waals surface area contributed by atoms with Gasteiger partial charge in [0.15, 0.2) is 0 Å². The highest BCUT2D eigenvalue weighted by Gasteiger charge is 2.26.